The van der Waals surface area contributed by atoms with Gasteiger partial charge in [-0.2, -0.15) is 0 Å². The highest BCUT2D eigenvalue weighted by Gasteiger charge is 2.12. The Bertz CT molecular complexity index is 555. The summed E-state index contributed by atoms with van der Waals surface area (Å²) >= 11 is 0. The molecule has 1 amide bonds. The van der Waals surface area contributed by atoms with E-state index in [2.05, 4.69) is 19.2 Å². The zero-order valence-electron chi connectivity index (χ0n) is 11.1. The number of benzene rings is 1. The van der Waals surface area contributed by atoms with Crippen LogP contribution in [0.5, 0.6) is 0 Å². The lowest BCUT2D eigenvalue weighted by Crippen LogP contribution is -2.24. The molecule has 0 unspecified atom stereocenters. The van der Waals surface area contributed by atoms with Crippen LogP contribution in [0.15, 0.2) is 28.7 Å². The predicted octanol–water partition coefficient (Wildman–Crippen LogP) is 3.52. The first-order chi connectivity index (χ1) is 8.58. The Morgan fingerprint density at radius 1 is 1.39 bits per heavy atom. The molecule has 0 aliphatic rings. The second-order valence-corrected chi connectivity index (χ2v) is 5.04. The van der Waals surface area contributed by atoms with Crippen LogP contribution < -0.4 is 5.32 Å². The van der Waals surface area contributed by atoms with Crippen molar-refractivity contribution in [2.24, 2.45) is 5.92 Å². The average molecular weight is 245 g/mol. The molecule has 0 aliphatic heterocycles. The molecule has 0 saturated heterocycles. The number of hydrogen-bond acceptors (Lipinski definition) is 2. The molecule has 0 saturated carbocycles. The number of rotatable bonds is 4. The smallest absolute Gasteiger partial charge is 0.287 e. The van der Waals surface area contributed by atoms with Crippen molar-refractivity contribution >= 4 is 16.9 Å². The Hall–Kier alpha value is -1.77. The zero-order valence-corrected chi connectivity index (χ0v) is 11.1. The van der Waals surface area contributed by atoms with E-state index in [4.69, 9.17) is 4.42 Å². The molecule has 0 atom stereocenters. The number of fused-ring (bicyclic) bond motifs is 1. The highest BCUT2D eigenvalue weighted by atomic mass is 16.3. The quantitative estimate of drug-likeness (QED) is 0.895. The summed E-state index contributed by atoms with van der Waals surface area (Å²) in [6, 6.07) is 7.70. The number of amides is 1. The molecule has 2 aromatic rings. The van der Waals surface area contributed by atoms with Gasteiger partial charge >= 0.3 is 0 Å². The molecular formula is C15H19NO2. The Balaban J connectivity index is 2.11. The van der Waals surface area contributed by atoms with E-state index >= 15 is 0 Å². The number of nitrogens with one attached hydrogen (secondary N) is 1. The molecule has 1 N–H and O–H groups in total. The summed E-state index contributed by atoms with van der Waals surface area (Å²) in [7, 11) is 0. The lowest BCUT2D eigenvalue weighted by atomic mass is 10.1. The van der Waals surface area contributed by atoms with Gasteiger partial charge in [0.15, 0.2) is 5.76 Å². The standard InChI is InChI=1S/C15H19NO2/c1-10(2)7-8-16-15(17)13-9-12-6-4-5-11(3)14(12)18-13/h4-6,9-10H,7-8H2,1-3H3,(H,16,17). The number of aryl methyl sites for hydroxylation is 1. The van der Waals surface area contributed by atoms with Crippen LogP contribution in [0.2, 0.25) is 0 Å². The monoisotopic (exact) mass is 245 g/mol. The van der Waals surface area contributed by atoms with Crippen LogP contribution in [0.3, 0.4) is 0 Å². The second kappa shape index (κ2) is 5.25. The van der Waals surface area contributed by atoms with Gasteiger partial charge in [0.1, 0.15) is 5.58 Å². The van der Waals surface area contributed by atoms with Crippen molar-refractivity contribution in [2.75, 3.05) is 6.54 Å². The highest BCUT2D eigenvalue weighted by Crippen LogP contribution is 2.22. The summed E-state index contributed by atoms with van der Waals surface area (Å²) in [4.78, 5) is 11.9. The summed E-state index contributed by atoms with van der Waals surface area (Å²) in [6.07, 6.45) is 0.977. The molecule has 96 valence electrons. The number of furan rings is 1. The van der Waals surface area contributed by atoms with Gasteiger partial charge in [0.05, 0.1) is 0 Å². The third-order valence-corrected chi connectivity index (χ3v) is 2.97. The van der Waals surface area contributed by atoms with E-state index in [1.165, 1.54) is 0 Å². The second-order valence-electron chi connectivity index (χ2n) is 5.04. The first kappa shape index (κ1) is 12.7. The first-order valence-corrected chi connectivity index (χ1v) is 6.35. The van der Waals surface area contributed by atoms with Gasteiger partial charge in [-0.1, -0.05) is 32.0 Å². The summed E-state index contributed by atoms with van der Waals surface area (Å²) in [5.74, 6) is 0.845. The molecule has 2 rings (SSSR count). The summed E-state index contributed by atoms with van der Waals surface area (Å²) in [5, 5.41) is 3.85. The van der Waals surface area contributed by atoms with E-state index < -0.39 is 0 Å². The minimum Gasteiger partial charge on any atom is -0.451 e. The van der Waals surface area contributed by atoms with Crippen molar-refractivity contribution in [2.45, 2.75) is 27.2 Å². The van der Waals surface area contributed by atoms with E-state index in [1.54, 1.807) is 6.07 Å². The minimum atomic E-state index is -0.133. The molecule has 18 heavy (non-hydrogen) atoms. The lowest BCUT2D eigenvalue weighted by molar-refractivity contribution is 0.0926. The van der Waals surface area contributed by atoms with Gasteiger partial charge in [-0.3, -0.25) is 4.79 Å². The molecule has 3 heteroatoms. The maximum absolute atomic E-state index is 11.9. The van der Waals surface area contributed by atoms with Gasteiger partial charge in [-0.15, -0.1) is 0 Å². The predicted molar refractivity (Wildman–Crippen MR) is 72.7 cm³/mol. The fourth-order valence-corrected chi connectivity index (χ4v) is 1.88. The molecule has 0 fully saturated rings. The third-order valence-electron chi connectivity index (χ3n) is 2.97. The molecule has 0 bridgehead atoms. The van der Waals surface area contributed by atoms with Gasteiger partial charge in [0, 0.05) is 11.9 Å². The van der Waals surface area contributed by atoms with Gasteiger partial charge in [0.25, 0.3) is 5.91 Å². The Morgan fingerprint density at radius 2 is 2.17 bits per heavy atom. The molecular weight excluding hydrogens is 226 g/mol. The molecule has 3 nitrogen and oxygen atoms in total. The molecule has 0 radical (unpaired) electrons. The molecule has 1 aromatic heterocycles. The van der Waals surface area contributed by atoms with E-state index in [1.807, 2.05) is 25.1 Å². The van der Waals surface area contributed by atoms with Gasteiger partial charge in [-0.25, -0.2) is 0 Å². The average Bonchev–Trinajstić information content (AvgIpc) is 2.74. The number of carbonyl (C=O) groups excluding carboxylic acids is 1. The van der Waals surface area contributed by atoms with E-state index in [0.717, 1.165) is 23.0 Å². The first-order valence-electron chi connectivity index (χ1n) is 6.35. The summed E-state index contributed by atoms with van der Waals surface area (Å²) < 4.78 is 5.61. The lowest BCUT2D eigenvalue weighted by Gasteiger charge is -2.05. The maximum Gasteiger partial charge on any atom is 0.287 e. The van der Waals surface area contributed by atoms with Crippen molar-refractivity contribution in [3.8, 4) is 0 Å². The van der Waals surface area contributed by atoms with E-state index in [-0.39, 0.29) is 5.91 Å². The number of carbonyl (C=O) groups is 1. The van der Waals surface area contributed by atoms with Crippen LogP contribution in [0.1, 0.15) is 36.4 Å². The fraction of sp³-hybridized carbons (Fsp3) is 0.400. The van der Waals surface area contributed by atoms with Crippen molar-refractivity contribution in [3.63, 3.8) is 0 Å². The third kappa shape index (κ3) is 2.73. The SMILES string of the molecule is Cc1cccc2cc(C(=O)NCCC(C)C)oc12. The number of para-hydroxylation sites is 1. The molecule has 0 spiro atoms. The van der Waals surface area contributed by atoms with Crippen LogP contribution in [0, 0.1) is 12.8 Å². The van der Waals surface area contributed by atoms with Crippen LogP contribution in [-0.2, 0) is 0 Å². The zero-order chi connectivity index (χ0) is 13.1. The molecule has 1 heterocycles. The van der Waals surface area contributed by atoms with Gasteiger partial charge in [0.2, 0.25) is 0 Å². The molecule has 0 aliphatic carbocycles. The number of hydrogen-bond donors (Lipinski definition) is 1. The van der Waals surface area contributed by atoms with Crippen LogP contribution in [0.4, 0.5) is 0 Å². The highest BCUT2D eigenvalue weighted by molar-refractivity contribution is 5.96. The van der Waals surface area contributed by atoms with Gasteiger partial charge in [-0.05, 0) is 30.9 Å². The normalized spacial score (nSPS) is 11.1. The Morgan fingerprint density at radius 3 is 2.83 bits per heavy atom. The largest absolute Gasteiger partial charge is 0.451 e. The van der Waals surface area contributed by atoms with E-state index in [9.17, 15) is 4.79 Å². The fourth-order valence-electron chi connectivity index (χ4n) is 1.88. The summed E-state index contributed by atoms with van der Waals surface area (Å²) in [5.41, 5.74) is 1.85. The minimum absolute atomic E-state index is 0.133. The maximum atomic E-state index is 11.9. The van der Waals surface area contributed by atoms with Crippen molar-refractivity contribution < 1.29 is 9.21 Å². The van der Waals surface area contributed by atoms with Crippen LogP contribution in [-0.4, -0.2) is 12.5 Å². The van der Waals surface area contributed by atoms with Crippen molar-refractivity contribution in [3.05, 3.63) is 35.6 Å². The van der Waals surface area contributed by atoms with Crippen LogP contribution in [0.25, 0.3) is 11.0 Å². The van der Waals surface area contributed by atoms with Crippen LogP contribution >= 0.6 is 0 Å². The topological polar surface area (TPSA) is 42.2 Å². The Kier molecular flexibility index (Phi) is 3.70. The Labute approximate surface area is 107 Å². The molecule has 1 aromatic carbocycles. The summed E-state index contributed by atoms with van der Waals surface area (Å²) in [6.45, 7) is 6.94. The van der Waals surface area contributed by atoms with Crippen molar-refractivity contribution in [1.29, 1.82) is 0 Å². The van der Waals surface area contributed by atoms with Crippen molar-refractivity contribution in [1.82, 2.24) is 5.32 Å². The van der Waals surface area contributed by atoms with Gasteiger partial charge < -0.3 is 9.73 Å². The van der Waals surface area contributed by atoms with E-state index in [0.29, 0.717) is 18.2 Å².